The summed E-state index contributed by atoms with van der Waals surface area (Å²) in [5.41, 5.74) is 7.19. The molecule has 0 unspecified atom stereocenters. The SMILES string of the molecule is CN1[CH-]N(c2[c-]cc(F)cc2)c2ncccc21.CN1[CH-]N(c2[c-]cc(F)cc2)c2ncccc21.Oc1cccc(-c2ccccc2)n1.Oc1cccc(-c2ccccc2)n1.[Pt+2].[Pt+2]. The summed E-state index contributed by atoms with van der Waals surface area (Å²) in [5, 5.41) is 18.3. The minimum atomic E-state index is -0.289. The van der Waals surface area contributed by atoms with Crippen LogP contribution >= 0.6 is 0 Å². The van der Waals surface area contributed by atoms with Crippen molar-refractivity contribution in [1.82, 2.24) is 19.9 Å². The van der Waals surface area contributed by atoms with E-state index in [0.717, 1.165) is 56.9 Å². The van der Waals surface area contributed by atoms with E-state index in [9.17, 15) is 8.78 Å². The smallest absolute Gasteiger partial charge is 0.502 e. The van der Waals surface area contributed by atoms with Crippen LogP contribution in [-0.4, -0.2) is 44.2 Å². The summed E-state index contributed by atoms with van der Waals surface area (Å²) in [6.45, 7) is 3.81. The number of anilines is 6. The van der Waals surface area contributed by atoms with Crippen molar-refractivity contribution in [3.63, 3.8) is 0 Å². The topological polar surface area (TPSA) is 105 Å². The first-order valence-corrected chi connectivity index (χ1v) is 18.6. The van der Waals surface area contributed by atoms with Crippen molar-refractivity contribution < 1.29 is 61.1 Å². The molecule has 2 aliphatic rings. The summed E-state index contributed by atoms with van der Waals surface area (Å²) in [4.78, 5) is 24.4. The van der Waals surface area contributed by atoms with Crippen LogP contribution in [0.4, 0.5) is 43.2 Å². The third kappa shape index (κ3) is 11.9. The number of aromatic hydroxyl groups is 2. The number of nitrogens with zero attached hydrogens (tertiary/aromatic N) is 8. The maximum Gasteiger partial charge on any atom is 2.00 e. The Hall–Kier alpha value is -6.48. The zero-order valence-corrected chi connectivity index (χ0v) is 37.7. The summed E-state index contributed by atoms with van der Waals surface area (Å²) in [5.74, 6) is 1.20. The van der Waals surface area contributed by atoms with Crippen LogP contribution in [0, 0.1) is 37.1 Å². The molecule has 0 amide bonds. The fourth-order valence-corrected chi connectivity index (χ4v) is 6.11. The van der Waals surface area contributed by atoms with Gasteiger partial charge in [0.25, 0.3) is 0 Å². The average Bonchev–Trinajstić information content (AvgIpc) is 3.81. The number of hydrogen-bond donors (Lipinski definition) is 2. The number of hydrogen-bond acceptors (Lipinski definition) is 10. The Morgan fingerprint density at radius 1 is 0.484 bits per heavy atom. The van der Waals surface area contributed by atoms with E-state index in [2.05, 4.69) is 32.1 Å². The van der Waals surface area contributed by atoms with Crippen LogP contribution in [0.15, 0.2) is 170 Å². The van der Waals surface area contributed by atoms with Gasteiger partial charge in [0.05, 0.1) is 11.4 Å². The Morgan fingerprint density at radius 2 is 0.887 bits per heavy atom. The molecule has 0 bridgehead atoms. The molecular formula is C48H38F2N8O2Pt2. The summed E-state index contributed by atoms with van der Waals surface area (Å²) < 4.78 is 25.7. The van der Waals surface area contributed by atoms with E-state index >= 15 is 0 Å². The van der Waals surface area contributed by atoms with Gasteiger partial charge in [0.2, 0.25) is 11.8 Å². The number of halogens is 2. The predicted octanol–water partition coefficient (Wildman–Crippen LogP) is 10.4. The van der Waals surface area contributed by atoms with Gasteiger partial charge in [-0.15, -0.1) is 47.8 Å². The Kier molecular flexibility index (Phi) is 16.8. The monoisotopic (exact) mass is 1190 g/mol. The molecule has 0 spiro atoms. The van der Waals surface area contributed by atoms with Crippen LogP contribution in [0.1, 0.15) is 0 Å². The molecule has 0 aliphatic carbocycles. The first kappa shape index (κ1) is 46.6. The first-order valence-electron chi connectivity index (χ1n) is 18.6. The second-order valence-electron chi connectivity index (χ2n) is 13.2. The molecule has 0 saturated heterocycles. The molecule has 6 heterocycles. The van der Waals surface area contributed by atoms with E-state index in [1.165, 1.54) is 24.3 Å². The number of aromatic nitrogens is 4. The Balaban J connectivity index is 0.000000156. The molecule has 8 aromatic rings. The van der Waals surface area contributed by atoms with Gasteiger partial charge < -0.3 is 29.8 Å². The molecule has 4 aromatic carbocycles. The summed E-state index contributed by atoms with van der Waals surface area (Å²) in [6.07, 6.45) is 3.48. The molecule has 2 aliphatic heterocycles. The minimum absolute atomic E-state index is 0. The van der Waals surface area contributed by atoms with Crippen molar-refractivity contribution in [3.05, 3.63) is 207 Å². The van der Waals surface area contributed by atoms with Gasteiger partial charge in [-0.25, -0.2) is 19.9 Å². The van der Waals surface area contributed by atoms with Crippen LogP contribution in [0.2, 0.25) is 0 Å². The molecule has 62 heavy (non-hydrogen) atoms. The average molecular weight is 1190 g/mol. The summed E-state index contributed by atoms with van der Waals surface area (Å²) >= 11 is 0. The zero-order valence-electron chi connectivity index (χ0n) is 33.2. The van der Waals surface area contributed by atoms with Crippen LogP contribution in [0.25, 0.3) is 22.5 Å². The molecule has 10 rings (SSSR count). The van der Waals surface area contributed by atoms with E-state index in [0.29, 0.717) is 0 Å². The Morgan fingerprint density at radius 3 is 1.24 bits per heavy atom. The van der Waals surface area contributed by atoms with Gasteiger partial charge >= 0.3 is 42.1 Å². The predicted molar refractivity (Wildman–Crippen MR) is 231 cm³/mol. The van der Waals surface area contributed by atoms with Crippen molar-refractivity contribution >= 4 is 34.4 Å². The molecule has 14 heteroatoms. The molecule has 0 saturated carbocycles. The van der Waals surface area contributed by atoms with Gasteiger partial charge in [-0.1, -0.05) is 72.8 Å². The summed E-state index contributed by atoms with van der Waals surface area (Å²) in [7, 11) is 3.90. The molecule has 10 nitrogen and oxygen atoms in total. The molecule has 0 atom stereocenters. The van der Waals surface area contributed by atoms with E-state index in [4.69, 9.17) is 10.2 Å². The Bertz CT molecular complexity index is 2430. The molecule has 4 aromatic heterocycles. The van der Waals surface area contributed by atoms with Gasteiger partial charge in [-0.05, 0) is 50.5 Å². The third-order valence-corrected chi connectivity index (χ3v) is 8.97. The van der Waals surface area contributed by atoms with E-state index in [-0.39, 0.29) is 65.5 Å². The van der Waals surface area contributed by atoms with Crippen molar-refractivity contribution in [3.8, 4) is 34.3 Å². The maximum absolute atomic E-state index is 12.9. The van der Waals surface area contributed by atoms with E-state index < -0.39 is 0 Å². The third-order valence-electron chi connectivity index (χ3n) is 8.97. The molecular weight excluding hydrogens is 1150 g/mol. The first-order chi connectivity index (χ1) is 29.2. The quantitative estimate of drug-likeness (QED) is 0.166. The fraction of sp³-hybridized carbons (Fsp3) is 0.0417. The number of rotatable bonds is 4. The second kappa shape index (κ2) is 22.4. The molecule has 2 N–H and O–H groups in total. The van der Waals surface area contributed by atoms with E-state index in [1.807, 2.05) is 144 Å². The standard InChI is InChI=1S/2C13H10FN3.2C11H9NO.2Pt/c2*1-16-9-17(11-6-4-10(14)5-7-11)13-12(16)3-2-8-15-13;2*13-11-8-4-7-10(12-11)9-5-2-1-3-6-9;;/h2*2-6,8-9H,1H3;2*1-8H,(H,12,13);;/q2*-2;;;2*+2. The Labute approximate surface area is 388 Å². The zero-order chi connectivity index (χ0) is 41.8. The number of pyridine rings is 4. The van der Waals surface area contributed by atoms with Crippen LogP contribution < -0.4 is 19.6 Å². The molecule has 0 radical (unpaired) electrons. The van der Waals surface area contributed by atoms with Crippen molar-refractivity contribution in [2.45, 2.75) is 0 Å². The van der Waals surface area contributed by atoms with Crippen molar-refractivity contribution in [2.75, 3.05) is 33.7 Å². The maximum atomic E-state index is 12.9. The second-order valence-corrected chi connectivity index (χ2v) is 13.2. The van der Waals surface area contributed by atoms with Gasteiger partial charge in [0, 0.05) is 58.7 Å². The van der Waals surface area contributed by atoms with Gasteiger partial charge in [-0.3, -0.25) is 8.78 Å². The van der Waals surface area contributed by atoms with Gasteiger partial charge in [0.1, 0.15) is 11.6 Å². The van der Waals surface area contributed by atoms with Gasteiger partial charge in [0.15, 0.2) is 0 Å². The molecule has 0 fully saturated rings. The van der Waals surface area contributed by atoms with Crippen LogP contribution in [-0.2, 0) is 42.1 Å². The van der Waals surface area contributed by atoms with Crippen LogP contribution in [0.5, 0.6) is 11.8 Å². The van der Waals surface area contributed by atoms with Gasteiger partial charge in [-0.2, -0.15) is 25.5 Å². The fourth-order valence-electron chi connectivity index (χ4n) is 6.11. The number of fused-ring (bicyclic) bond motifs is 2. The normalized spacial score (nSPS) is 11.8. The van der Waals surface area contributed by atoms with Crippen molar-refractivity contribution in [2.24, 2.45) is 0 Å². The largest absolute Gasteiger partial charge is 2.00 e. The number of benzene rings is 4. The summed E-state index contributed by atoms with van der Waals surface area (Å²) in [6, 6.07) is 52.3. The van der Waals surface area contributed by atoms with E-state index in [1.54, 1.807) is 48.8 Å². The van der Waals surface area contributed by atoms with Crippen LogP contribution in [0.3, 0.4) is 0 Å². The minimum Gasteiger partial charge on any atom is -0.502 e. The van der Waals surface area contributed by atoms with Crippen molar-refractivity contribution in [1.29, 1.82) is 0 Å². The molecule has 316 valence electrons.